The average molecular weight is 895 g/mol. The second-order valence-corrected chi connectivity index (χ2v) is 17.9. The Hall–Kier alpha value is -6.62. The van der Waals surface area contributed by atoms with Gasteiger partial charge in [0.1, 0.15) is 29.2 Å². The van der Waals surface area contributed by atoms with Crippen molar-refractivity contribution < 1.29 is 37.1 Å². The van der Waals surface area contributed by atoms with Gasteiger partial charge in [0.05, 0.1) is 23.0 Å². The number of nitrogens with zero attached hydrogens (tertiary/aromatic N) is 7. The summed E-state index contributed by atoms with van der Waals surface area (Å²) >= 11 is 0. The summed E-state index contributed by atoms with van der Waals surface area (Å²) in [5.41, 5.74) is 2.39. The first-order valence-corrected chi connectivity index (χ1v) is 22.1. The maximum absolute atomic E-state index is 13.4. The molecular formula is C45H49F3N12O5. The number of hydrogen-bond donors (Lipinski definition) is 5. The predicted molar refractivity (Wildman–Crippen MR) is 228 cm³/mol. The van der Waals surface area contributed by atoms with E-state index in [2.05, 4.69) is 57.7 Å². The summed E-state index contributed by atoms with van der Waals surface area (Å²) in [6.07, 6.45) is 6.81. The predicted octanol–water partition coefficient (Wildman–Crippen LogP) is 5.18. The van der Waals surface area contributed by atoms with Gasteiger partial charge in [0.25, 0.3) is 11.8 Å². The third-order valence-corrected chi connectivity index (χ3v) is 13.5. The minimum absolute atomic E-state index is 0.00580. The van der Waals surface area contributed by atoms with Crippen LogP contribution >= 0.6 is 0 Å². The number of hydrogen-bond acceptors (Lipinski definition) is 14. The summed E-state index contributed by atoms with van der Waals surface area (Å²) < 4.78 is 44.8. The molecule has 2 aromatic carbocycles. The van der Waals surface area contributed by atoms with Crippen LogP contribution in [0.4, 0.5) is 30.6 Å². The first-order chi connectivity index (χ1) is 31.3. The third kappa shape index (κ3) is 9.46. The Morgan fingerprint density at radius 2 is 1.77 bits per heavy atom. The molecule has 5 fully saturated rings. The maximum atomic E-state index is 13.4. The molecule has 20 heteroatoms. The van der Waals surface area contributed by atoms with E-state index in [1.165, 1.54) is 37.2 Å². The lowest BCUT2D eigenvalue weighted by atomic mass is 9.48. The quantitative estimate of drug-likeness (QED) is 0.0642. The summed E-state index contributed by atoms with van der Waals surface area (Å²) in [7, 11) is 0. The van der Waals surface area contributed by atoms with Crippen molar-refractivity contribution in [2.24, 2.45) is 23.2 Å². The standard InChI is InChI=1S/C45H49F3N12O5/c46-45(47,48)65-35-9-2-1-6-27(35)22-52-43-53-23-30(21-49)39(56-43)54-25-44-18-26-16-28(19-44)38(29(17-26)20-44)51-13-3-4-15-59-24-31(57-58-59)12-14-50-33-8-5-7-32-37(33)42(64)60(41(32)63)34-10-11-36(61)55-40(34)62/h1-2,5-9,23-24,26,28-29,34,38,50-51H,3-4,10-20,22,25H2,(H,55,61,62)(H2,52,53,54,56). The van der Waals surface area contributed by atoms with E-state index in [-0.39, 0.29) is 53.2 Å². The highest BCUT2D eigenvalue weighted by molar-refractivity contribution is 6.25. The molecule has 4 saturated carbocycles. The molecule has 4 aliphatic carbocycles. The lowest BCUT2D eigenvalue weighted by Gasteiger charge is -2.60. The normalized spacial score (nSPS) is 24.5. The fourth-order valence-electron chi connectivity index (χ4n) is 11.0. The zero-order chi connectivity index (χ0) is 45.3. The van der Waals surface area contributed by atoms with Crippen molar-refractivity contribution >= 4 is 41.1 Å². The molecule has 4 aromatic rings. The molecule has 2 aliphatic heterocycles. The van der Waals surface area contributed by atoms with E-state index in [4.69, 9.17) is 0 Å². The van der Waals surface area contributed by atoms with E-state index in [1.807, 2.05) is 10.9 Å². The van der Waals surface area contributed by atoms with E-state index < -0.39 is 36.0 Å². The van der Waals surface area contributed by atoms with E-state index in [0.29, 0.717) is 60.4 Å². The zero-order valence-electron chi connectivity index (χ0n) is 35.5. The Bertz CT molecular complexity index is 2510. The number of alkyl halides is 3. The van der Waals surface area contributed by atoms with Gasteiger partial charge < -0.3 is 26.0 Å². The van der Waals surface area contributed by atoms with Gasteiger partial charge >= 0.3 is 6.36 Å². The number of benzene rings is 2. The van der Waals surface area contributed by atoms with Gasteiger partial charge in [0.2, 0.25) is 17.8 Å². The average Bonchev–Trinajstić information content (AvgIpc) is 3.83. The molecule has 10 rings (SSSR count). The lowest BCUT2D eigenvalue weighted by molar-refractivity contribution is -0.274. The van der Waals surface area contributed by atoms with Gasteiger partial charge in [-0.1, -0.05) is 29.5 Å². The van der Waals surface area contributed by atoms with Crippen molar-refractivity contribution in [1.82, 2.24) is 40.5 Å². The van der Waals surface area contributed by atoms with Crippen LogP contribution in [0.25, 0.3) is 0 Å². The Morgan fingerprint density at radius 1 is 0.954 bits per heavy atom. The number of unbranched alkanes of at least 4 members (excludes halogenated alkanes) is 1. The molecule has 17 nitrogen and oxygen atoms in total. The monoisotopic (exact) mass is 894 g/mol. The number of anilines is 3. The Kier molecular flexibility index (Phi) is 12.1. The Morgan fingerprint density at radius 3 is 2.55 bits per heavy atom. The molecule has 65 heavy (non-hydrogen) atoms. The second kappa shape index (κ2) is 18.1. The topological polar surface area (TPSA) is 221 Å². The summed E-state index contributed by atoms with van der Waals surface area (Å²) in [4.78, 5) is 60.4. The Labute approximate surface area is 372 Å². The number of carbonyl (C=O) groups is 4. The van der Waals surface area contributed by atoms with Crippen LogP contribution in [0.5, 0.6) is 5.75 Å². The van der Waals surface area contributed by atoms with E-state index in [1.54, 1.807) is 24.3 Å². The van der Waals surface area contributed by atoms with Crippen molar-refractivity contribution in [1.29, 1.82) is 5.26 Å². The fraction of sp³-hybridized carbons (Fsp3) is 0.489. The van der Waals surface area contributed by atoms with Crippen LogP contribution in [0.1, 0.15) is 95.3 Å². The van der Waals surface area contributed by atoms with E-state index in [9.17, 15) is 37.6 Å². The molecule has 5 N–H and O–H groups in total. The molecule has 4 heterocycles. The number of aromatic nitrogens is 5. The number of nitrogens with one attached hydrogen (secondary N) is 5. The molecule has 0 radical (unpaired) electrons. The molecule has 4 amide bonds. The minimum atomic E-state index is -4.82. The first kappa shape index (κ1) is 43.6. The number of rotatable bonds is 18. The molecule has 2 aromatic heterocycles. The third-order valence-electron chi connectivity index (χ3n) is 13.5. The number of halogens is 3. The number of piperidine rings is 1. The number of nitriles is 1. The van der Waals surface area contributed by atoms with Crippen molar-refractivity contribution in [2.75, 3.05) is 35.6 Å². The summed E-state index contributed by atoms with van der Waals surface area (Å²) in [5.74, 6) is -0.106. The van der Waals surface area contributed by atoms with Crippen molar-refractivity contribution in [3.8, 4) is 11.8 Å². The largest absolute Gasteiger partial charge is 0.573 e. The van der Waals surface area contributed by atoms with Crippen molar-refractivity contribution in [2.45, 2.75) is 95.7 Å². The van der Waals surface area contributed by atoms with Gasteiger partial charge in [-0.3, -0.25) is 34.1 Å². The first-order valence-electron chi connectivity index (χ1n) is 22.1. The maximum Gasteiger partial charge on any atom is 0.573 e. The molecular weight excluding hydrogens is 846 g/mol. The second-order valence-electron chi connectivity index (χ2n) is 17.9. The Balaban J connectivity index is 0.714. The molecule has 3 unspecified atom stereocenters. The van der Waals surface area contributed by atoms with Crippen LogP contribution in [-0.4, -0.2) is 91.6 Å². The minimum Gasteiger partial charge on any atom is -0.405 e. The number of ether oxygens (including phenoxy) is 1. The van der Waals surface area contributed by atoms with Gasteiger partial charge in [-0.15, -0.1) is 18.3 Å². The van der Waals surface area contributed by atoms with Crippen LogP contribution in [0, 0.1) is 34.5 Å². The molecule has 4 bridgehead atoms. The van der Waals surface area contributed by atoms with Gasteiger partial charge in [0.15, 0.2) is 0 Å². The molecule has 6 aliphatic rings. The highest BCUT2D eigenvalue weighted by Gasteiger charge is 2.55. The van der Waals surface area contributed by atoms with Gasteiger partial charge in [-0.05, 0) is 99.3 Å². The van der Waals surface area contributed by atoms with Crippen LogP contribution in [0.2, 0.25) is 0 Å². The number of para-hydroxylation sites is 1. The summed E-state index contributed by atoms with van der Waals surface area (Å²) in [6.45, 7) is 2.73. The summed E-state index contributed by atoms with van der Waals surface area (Å²) in [5, 5.41) is 34.3. The molecule has 1 saturated heterocycles. The summed E-state index contributed by atoms with van der Waals surface area (Å²) in [6, 6.07) is 12.4. The number of amides is 4. The van der Waals surface area contributed by atoms with Crippen LogP contribution in [-0.2, 0) is 29.1 Å². The van der Waals surface area contributed by atoms with Gasteiger partial charge in [-0.2, -0.15) is 10.2 Å². The van der Waals surface area contributed by atoms with Gasteiger partial charge in [0, 0.05) is 62.5 Å². The van der Waals surface area contributed by atoms with Crippen LogP contribution < -0.4 is 31.3 Å². The molecule has 340 valence electrons. The fourth-order valence-corrected chi connectivity index (χ4v) is 11.0. The zero-order valence-corrected chi connectivity index (χ0v) is 35.5. The highest BCUT2D eigenvalue weighted by atomic mass is 19.4. The smallest absolute Gasteiger partial charge is 0.405 e. The molecule has 0 spiro atoms. The lowest BCUT2D eigenvalue weighted by Crippen LogP contribution is -2.59. The number of imide groups is 2. The van der Waals surface area contributed by atoms with Crippen LogP contribution in [0.15, 0.2) is 54.9 Å². The highest BCUT2D eigenvalue weighted by Crippen LogP contribution is 2.60. The van der Waals surface area contributed by atoms with Crippen molar-refractivity contribution in [3.05, 3.63) is 82.8 Å². The van der Waals surface area contributed by atoms with E-state index in [0.717, 1.165) is 55.8 Å². The SMILES string of the molecule is N#Cc1cnc(NCc2ccccc2OC(F)(F)F)nc1NCC12CC3CC(C1)C(NCCCCn1cc(CCNc4cccc5c4C(=O)N(C4CCC(=O)NC4=O)C5=O)nn1)C(C3)C2. The van der Waals surface area contributed by atoms with Gasteiger partial charge in [-0.25, -0.2) is 4.98 Å². The number of aryl methyl sites for hydroxylation is 1. The number of carbonyl (C=O) groups excluding carboxylic acids is 4. The molecule has 3 atom stereocenters. The van der Waals surface area contributed by atoms with Crippen molar-refractivity contribution in [3.63, 3.8) is 0 Å². The van der Waals surface area contributed by atoms with E-state index >= 15 is 0 Å². The number of fused-ring (bicyclic) bond motifs is 1. The van der Waals surface area contributed by atoms with Crippen LogP contribution in [0.3, 0.4) is 0 Å².